The average Bonchev–Trinajstić information content (AvgIpc) is 2.38. The highest BCUT2D eigenvalue weighted by molar-refractivity contribution is 5.82. The molecule has 2 rings (SSSR count). The molecule has 0 radical (unpaired) electrons. The molecule has 2 aromatic rings. The van der Waals surface area contributed by atoms with Crippen LogP contribution < -0.4 is 5.32 Å². The molecule has 0 aliphatic rings. The topological polar surface area (TPSA) is 24.9 Å². The minimum atomic E-state index is 0.180. The Hall–Kier alpha value is -1.41. The predicted molar refractivity (Wildman–Crippen MR) is 82.2 cm³/mol. The minimum absolute atomic E-state index is 0.180. The van der Waals surface area contributed by atoms with Crippen molar-refractivity contribution in [3.05, 3.63) is 42.1 Å². The summed E-state index contributed by atoms with van der Waals surface area (Å²) in [6.45, 7) is 10.1. The molecule has 0 saturated heterocycles. The molecule has 1 unspecified atom stereocenters. The van der Waals surface area contributed by atoms with Gasteiger partial charge in [0.2, 0.25) is 0 Å². The Balaban J connectivity index is 2.49. The molecule has 0 saturated carbocycles. The molecule has 1 aromatic heterocycles. The first kappa shape index (κ1) is 14.0. The number of nitrogens with one attached hydrogen (secondary N) is 1. The second kappa shape index (κ2) is 5.70. The van der Waals surface area contributed by atoms with E-state index >= 15 is 0 Å². The van der Waals surface area contributed by atoms with Crippen LogP contribution >= 0.6 is 0 Å². The highest BCUT2D eigenvalue weighted by Crippen LogP contribution is 2.35. The third-order valence-corrected chi connectivity index (χ3v) is 3.45. The molecule has 2 heteroatoms. The van der Waals surface area contributed by atoms with Crippen LogP contribution in [0.1, 0.15) is 45.7 Å². The quantitative estimate of drug-likeness (QED) is 0.881. The molecule has 1 atom stereocenters. The zero-order valence-corrected chi connectivity index (χ0v) is 12.4. The molecule has 0 bridgehead atoms. The maximum Gasteiger partial charge on any atom is 0.0705 e. The SMILES string of the molecule is CCCNC(c1cccc2ncccc12)C(C)(C)C. The van der Waals surface area contributed by atoms with Gasteiger partial charge in [0.15, 0.2) is 0 Å². The summed E-state index contributed by atoms with van der Waals surface area (Å²) in [5, 5.41) is 4.95. The molecule has 1 N–H and O–H groups in total. The maximum atomic E-state index is 4.46. The molecule has 0 aliphatic carbocycles. The molecule has 19 heavy (non-hydrogen) atoms. The molecule has 0 fully saturated rings. The lowest BCUT2D eigenvalue weighted by Crippen LogP contribution is -2.33. The van der Waals surface area contributed by atoms with Crippen molar-refractivity contribution < 1.29 is 0 Å². The normalized spacial score (nSPS) is 13.7. The fraction of sp³-hybridized carbons (Fsp3) is 0.471. The summed E-state index contributed by atoms with van der Waals surface area (Å²) in [6, 6.07) is 11.0. The van der Waals surface area contributed by atoms with Gasteiger partial charge in [-0.2, -0.15) is 0 Å². The maximum absolute atomic E-state index is 4.46. The van der Waals surface area contributed by atoms with Crippen LogP contribution in [0.5, 0.6) is 0 Å². The number of benzene rings is 1. The van der Waals surface area contributed by atoms with Gasteiger partial charge in [0.25, 0.3) is 0 Å². The smallest absolute Gasteiger partial charge is 0.0705 e. The summed E-state index contributed by atoms with van der Waals surface area (Å²) in [5.74, 6) is 0. The van der Waals surface area contributed by atoms with E-state index in [1.54, 1.807) is 0 Å². The average molecular weight is 256 g/mol. The number of fused-ring (bicyclic) bond motifs is 1. The van der Waals surface area contributed by atoms with Crippen molar-refractivity contribution in [3.63, 3.8) is 0 Å². The molecule has 0 spiro atoms. The van der Waals surface area contributed by atoms with Crippen molar-refractivity contribution >= 4 is 10.9 Å². The highest BCUT2D eigenvalue weighted by atomic mass is 14.9. The van der Waals surface area contributed by atoms with Crippen LogP contribution in [0, 0.1) is 5.41 Å². The lowest BCUT2D eigenvalue weighted by atomic mass is 9.81. The van der Waals surface area contributed by atoms with Crippen molar-refractivity contribution in [1.29, 1.82) is 0 Å². The van der Waals surface area contributed by atoms with Crippen LogP contribution in [0.4, 0.5) is 0 Å². The largest absolute Gasteiger partial charge is 0.309 e. The van der Waals surface area contributed by atoms with Crippen LogP contribution in [-0.2, 0) is 0 Å². The summed E-state index contributed by atoms with van der Waals surface area (Å²) < 4.78 is 0. The summed E-state index contributed by atoms with van der Waals surface area (Å²) in [5.41, 5.74) is 2.61. The van der Waals surface area contributed by atoms with E-state index in [4.69, 9.17) is 0 Å². The second-order valence-electron chi connectivity index (χ2n) is 6.17. The van der Waals surface area contributed by atoms with Gasteiger partial charge in [-0.15, -0.1) is 0 Å². The number of hydrogen-bond acceptors (Lipinski definition) is 2. The highest BCUT2D eigenvalue weighted by Gasteiger charge is 2.26. The summed E-state index contributed by atoms with van der Waals surface area (Å²) in [4.78, 5) is 4.46. The Morgan fingerprint density at radius 3 is 2.63 bits per heavy atom. The van der Waals surface area contributed by atoms with Gasteiger partial charge in [0.05, 0.1) is 5.52 Å². The lowest BCUT2D eigenvalue weighted by Gasteiger charge is -2.33. The molecule has 102 valence electrons. The van der Waals surface area contributed by atoms with Gasteiger partial charge in [-0.05, 0) is 36.1 Å². The van der Waals surface area contributed by atoms with Crippen molar-refractivity contribution in [1.82, 2.24) is 10.3 Å². The van der Waals surface area contributed by atoms with Gasteiger partial charge >= 0.3 is 0 Å². The summed E-state index contributed by atoms with van der Waals surface area (Å²) >= 11 is 0. The number of rotatable bonds is 4. The Bertz CT molecular complexity index is 535. The standard InChI is InChI=1S/C17H24N2/c1-5-11-19-16(17(2,3)4)14-8-6-10-15-13(14)9-7-12-18-15/h6-10,12,16,19H,5,11H2,1-4H3. The third kappa shape index (κ3) is 3.13. The van der Waals surface area contributed by atoms with E-state index in [0.29, 0.717) is 6.04 Å². The number of nitrogens with zero attached hydrogens (tertiary/aromatic N) is 1. The third-order valence-electron chi connectivity index (χ3n) is 3.45. The second-order valence-corrected chi connectivity index (χ2v) is 6.17. The predicted octanol–water partition coefficient (Wildman–Crippen LogP) is 4.32. The van der Waals surface area contributed by atoms with E-state index in [1.807, 2.05) is 12.3 Å². The van der Waals surface area contributed by atoms with E-state index in [9.17, 15) is 0 Å². The molecule has 2 nitrogen and oxygen atoms in total. The molecular formula is C17H24N2. The van der Waals surface area contributed by atoms with Gasteiger partial charge < -0.3 is 5.32 Å². The minimum Gasteiger partial charge on any atom is -0.309 e. The van der Waals surface area contributed by atoms with Crippen molar-refractivity contribution in [3.8, 4) is 0 Å². The Morgan fingerprint density at radius 2 is 1.95 bits per heavy atom. The van der Waals surface area contributed by atoms with Crippen LogP contribution in [0.25, 0.3) is 10.9 Å². The lowest BCUT2D eigenvalue weighted by molar-refractivity contribution is 0.275. The van der Waals surface area contributed by atoms with E-state index < -0.39 is 0 Å². The van der Waals surface area contributed by atoms with E-state index in [-0.39, 0.29) is 5.41 Å². The Kier molecular flexibility index (Phi) is 4.20. The van der Waals surface area contributed by atoms with Crippen LogP contribution in [0.2, 0.25) is 0 Å². The van der Waals surface area contributed by atoms with Crippen molar-refractivity contribution in [2.45, 2.75) is 40.2 Å². The summed E-state index contributed by atoms with van der Waals surface area (Å²) in [7, 11) is 0. The fourth-order valence-corrected chi connectivity index (χ4v) is 2.55. The van der Waals surface area contributed by atoms with Crippen molar-refractivity contribution in [2.75, 3.05) is 6.54 Å². The van der Waals surface area contributed by atoms with E-state index in [0.717, 1.165) is 18.5 Å². The van der Waals surface area contributed by atoms with E-state index in [2.05, 4.69) is 62.3 Å². The Morgan fingerprint density at radius 1 is 1.16 bits per heavy atom. The summed E-state index contributed by atoms with van der Waals surface area (Å²) in [6.07, 6.45) is 3.01. The zero-order valence-electron chi connectivity index (χ0n) is 12.4. The monoisotopic (exact) mass is 256 g/mol. The van der Waals surface area contributed by atoms with Crippen LogP contribution in [0.3, 0.4) is 0 Å². The first-order valence-corrected chi connectivity index (χ1v) is 7.11. The van der Waals surface area contributed by atoms with Gasteiger partial charge in [0, 0.05) is 17.6 Å². The zero-order chi connectivity index (χ0) is 13.9. The molecular weight excluding hydrogens is 232 g/mol. The van der Waals surface area contributed by atoms with Crippen LogP contribution in [-0.4, -0.2) is 11.5 Å². The van der Waals surface area contributed by atoms with Crippen molar-refractivity contribution in [2.24, 2.45) is 5.41 Å². The number of pyridine rings is 1. The number of hydrogen-bond donors (Lipinski definition) is 1. The first-order chi connectivity index (χ1) is 9.04. The fourth-order valence-electron chi connectivity index (χ4n) is 2.55. The Labute approximate surface area is 116 Å². The molecule has 0 aliphatic heterocycles. The van der Waals surface area contributed by atoms with Gasteiger partial charge in [0.1, 0.15) is 0 Å². The molecule has 1 heterocycles. The molecule has 0 amide bonds. The number of aromatic nitrogens is 1. The van der Waals surface area contributed by atoms with Gasteiger partial charge in [-0.25, -0.2) is 0 Å². The van der Waals surface area contributed by atoms with Crippen LogP contribution in [0.15, 0.2) is 36.5 Å². The van der Waals surface area contributed by atoms with Gasteiger partial charge in [-0.3, -0.25) is 4.98 Å². The van der Waals surface area contributed by atoms with Gasteiger partial charge in [-0.1, -0.05) is 45.9 Å². The molecule has 1 aromatic carbocycles. The first-order valence-electron chi connectivity index (χ1n) is 7.11. The van der Waals surface area contributed by atoms with E-state index in [1.165, 1.54) is 10.9 Å².